The van der Waals surface area contributed by atoms with Crippen molar-refractivity contribution in [2.24, 2.45) is 0 Å². The molecule has 9 heteroatoms. The van der Waals surface area contributed by atoms with E-state index in [2.05, 4.69) is 15.0 Å². The van der Waals surface area contributed by atoms with Crippen molar-refractivity contribution in [1.29, 1.82) is 0 Å². The van der Waals surface area contributed by atoms with Crippen LogP contribution < -0.4 is 5.73 Å². The van der Waals surface area contributed by atoms with Gasteiger partial charge < -0.3 is 20.5 Å². The molecular weight excluding hydrogens is 242 g/mol. The van der Waals surface area contributed by atoms with Crippen LogP contribution in [-0.4, -0.2) is 41.7 Å². The predicted molar refractivity (Wildman–Crippen MR) is 58.7 cm³/mol. The molecule has 2 rings (SSSR count). The van der Waals surface area contributed by atoms with Crippen molar-refractivity contribution < 1.29 is 19.8 Å². The fourth-order valence-corrected chi connectivity index (χ4v) is 1.57. The molecule has 0 aromatic carbocycles. The number of carboxylic acids is 2. The van der Waals surface area contributed by atoms with Gasteiger partial charge in [0.05, 0.1) is 12.7 Å². The van der Waals surface area contributed by atoms with E-state index in [1.807, 2.05) is 0 Å². The molecule has 0 aliphatic carbocycles. The van der Waals surface area contributed by atoms with Gasteiger partial charge in [0.1, 0.15) is 17.9 Å². The summed E-state index contributed by atoms with van der Waals surface area (Å²) in [5.74, 6) is -2.40. The number of rotatable bonds is 4. The molecule has 0 fully saturated rings. The van der Waals surface area contributed by atoms with Gasteiger partial charge in [0, 0.05) is 0 Å². The van der Waals surface area contributed by atoms with E-state index in [9.17, 15) is 9.59 Å². The Kier molecular flexibility index (Phi) is 2.80. The summed E-state index contributed by atoms with van der Waals surface area (Å²) in [6.45, 7) is 0. The SMILES string of the molecule is Nc1ncnc2c1ncn2[C@@H](CC(=O)O)C(=O)O. The highest BCUT2D eigenvalue weighted by atomic mass is 16.4. The first kappa shape index (κ1) is 11.8. The number of aliphatic carboxylic acids is 2. The van der Waals surface area contributed by atoms with Crippen molar-refractivity contribution in [3.63, 3.8) is 0 Å². The number of nitrogens with two attached hydrogens (primary N) is 1. The van der Waals surface area contributed by atoms with Crippen LogP contribution in [0.1, 0.15) is 12.5 Å². The van der Waals surface area contributed by atoms with Crippen LogP contribution >= 0.6 is 0 Å². The molecule has 94 valence electrons. The first-order valence-electron chi connectivity index (χ1n) is 4.88. The maximum atomic E-state index is 11.1. The molecule has 18 heavy (non-hydrogen) atoms. The van der Waals surface area contributed by atoms with Crippen molar-refractivity contribution in [2.45, 2.75) is 12.5 Å². The van der Waals surface area contributed by atoms with Crippen molar-refractivity contribution in [3.05, 3.63) is 12.7 Å². The monoisotopic (exact) mass is 251 g/mol. The normalized spacial score (nSPS) is 12.4. The highest BCUT2D eigenvalue weighted by molar-refractivity contribution is 5.85. The number of nitrogens with zero attached hydrogens (tertiary/aromatic N) is 4. The molecule has 0 spiro atoms. The molecule has 0 bridgehead atoms. The van der Waals surface area contributed by atoms with Crippen molar-refractivity contribution >= 4 is 28.9 Å². The molecule has 9 nitrogen and oxygen atoms in total. The maximum Gasteiger partial charge on any atom is 0.327 e. The number of fused-ring (bicyclic) bond motifs is 1. The third kappa shape index (κ3) is 1.93. The van der Waals surface area contributed by atoms with Crippen LogP contribution in [0.5, 0.6) is 0 Å². The molecule has 2 heterocycles. The largest absolute Gasteiger partial charge is 0.481 e. The predicted octanol–water partition coefficient (Wildman–Crippen LogP) is -0.491. The summed E-state index contributed by atoms with van der Waals surface area (Å²) in [7, 11) is 0. The van der Waals surface area contributed by atoms with Gasteiger partial charge in [-0.1, -0.05) is 0 Å². The molecule has 0 radical (unpaired) electrons. The second-order valence-electron chi connectivity index (χ2n) is 3.53. The molecule has 4 N–H and O–H groups in total. The van der Waals surface area contributed by atoms with Crippen LogP contribution in [0.15, 0.2) is 12.7 Å². The van der Waals surface area contributed by atoms with E-state index in [1.165, 1.54) is 6.33 Å². The maximum absolute atomic E-state index is 11.1. The Morgan fingerprint density at radius 1 is 1.33 bits per heavy atom. The molecule has 1 atom stereocenters. The van der Waals surface area contributed by atoms with Crippen LogP contribution in [0.25, 0.3) is 11.2 Å². The van der Waals surface area contributed by atoms with Crippen molar-refractivity contribution in [2.75, 3.05) is 5.73 Å². The molecule has 0 aliphatic rings. The number of imidazole rings is 1. The zero-order valence-corrected chi connectivity index (χ0v) is 9.02. The lowest BCUT2D eigenvalue weighted by atomic mass is 10.2. The molecule has 2 aromatic rings. The van der Waals surface area contributed by atoms with E-state index in [1.54, 1.807) is 0 Å². The number of nitrogen functional groups attached to an aromatic ring is 1. The lowest BCUT2D eigenvalue weighted by Crippen LogP contribution is -2.22. The quantitative estimate of drug-likeness (QED) is 0.660. The third-order valence-corrected chi connectivity index (χ3v) is 2.38. The average molecular weight is 251 g/mol. The molecule has 0 saturated heterocycles. The minimum Gasteiger partial charge on any atom is -0.481 e. The van der Waals surface area contributed by atoms with Gasteiger partial charge in [-0.2, -0.15) is 0 Å². The highest BCUT2D eigenvalue weighted by Gasteiger charge is 2.25. The Morgan fingerprint density at radius 2 is 2.06 bits per heavy atom. The summed E-state index contributed by atoms with van der Waals surface area (Å²) in [4.78, 5) is 33.2. The van der Waals surface area contributed by atoms with E-state index < -0.39 is 24.4 Å². The summed E-state index contributed by atoms with van der Waals surface area (Å²) in [6, 6.07) is -1.29. The number of hydrogen-bond acceptors (Lipinski definition) is 6. The fraction of sp³-hybridized carbons (Fsp3) is 0.222. The fourth-order valence-electron chi connectivity index (χ4n) is 1.57. The molecule has 0 aliphatic heterocycles. The lowest BCUT2D eigenvalue weighted by molar-refractivity contribution is -0.147. The Morgan fingerprint density at radius 3 is 2.67 bits per heavy atom. The van der Waals surface area contributed by atoms with Gasteiger partial charge >= 0.3 is 11.9 Å². The Bertz CT molecular complexity index is 622. The summed E-state index contributed by atoms with van der Waals surface area (Å²) >= 11 is 0. The molecule has 0 amide bonds. The standard InChI is InChI=1S/C9H9N5O4/c10-7-6-8(12-2-11-7)14(3-13-6)4(9(17)18)1-5(15)16/h2-4H,1H2,(H,15,16)(H,17,18)(H2,10,11,12)/t4-/m0/s1. The topological polar surface area (TPSA) is 144 Å². The van der Waals surface area contributed by atoms with Crippen molar-refractivity contribution in [3.8, 4) is 0 Å². The lowest BCUT2D eigenvalue weighted by Gasteiger charge is -2.11. The Balaban J connectivity index is 2.54. The third-order valence-electron chi connectivity index (χ3n) is 2.38. The van der Waals surface area contributed by atoms with E-state index in [-0.39, 0.29) is 17.0 Å². The van der Waals surface area contributed by atoms with E-state index in [0.717, 1.165) is 10.9 Å². The molecule has 0 unspecified atom stereocenters. The smallest absolute Gasteiger partial charge is 0.327 e. The summed E-state index contributed by atoms with van der Waals surface area (Å²) in [5.41, 5.74) is 5.99. The van der Waals surface area contributed by atoms with Gasteiger partial charge in [-0.25, -0.2) is 19.7 Å². The van der Waals surface area contributed by atoms with E-state index in [0.29, 0.717) is 0 Å². The van der Waals surface area contributed by atoms with E-state index >= 15 is 0 Å². The number of anilines is 1. The Hall–Kier alpha value is -2.71. The summed E-state index contributed by atoms with van der Waals surface area (Å²) < 4.78 is 1.16. The van der Waals surface area contributed by atoms with Gasteiger partial charge in [0.15, 0.2) is 11.5 Å². The average Bonchev–Trinajstić information content (AvgIpc) is 2.70. The number of aromatic nitrogens is 4. The summed E-state index contributed by atoms with van der Waals surface area (Å²) in [6.07, 6.45) is 1.78. The highest BCUT2D eigenvalue weighted by Crippen LogP contribution is 2.20. The van der Waals surface area contributed by atoms with Gasteiger partial charge in [-0.3, -0.25) is 4.79 Å². The van der Waals surface area contributed by atoms with Gasteiger partial charge in [-0.05, 0) is 0 Å². The zero-order chi connectivity index (χ0) is 13.3. The van der Waals surface area contributed by atoms with Crippen LogP contribution in [0.2, 0.25) is 0 Å². The van der Waals surface area contributed by atoms with E-state index in [4.69, 9.17) is 15.9 Å². The van der Waals surface area contributed by atoms with Gasteiger partial charge in [0.2, 0.25) is 0 Å². The van der Waals surface area contributed by atoms with Crippen LogP contribution in [0.3, 0.4) is 0 Å². The number of carbonyl (C=O) groups is 2. The van der Waals surface area contributed by atoms with Crippen LogP contribution in [0.4, 0.5) is 5.82 Å². The van der Waals surface area contributed by atoms with Gasteiger partial charge in [0.25, 0.3) is 0 Å². The minimum absolute atomic E-state index is 0.109. The number of hydrogen-bond donors (Lipinski definition) is 3. The van der Waals surface area contributed by atoms with Crippen LogP contribution in [-0.2, 0) is 9.59 Å². The summed E-state index contributed by atoms with van der Waals surface area (Å²) in [5, 5.41) is 17.7. The molecule has 0 saturated carbocycles. The van der Waals surface area contributed by atoms with Gasteiger partial charge in [-0.15, -0.1) is 0 Å². The Labute approximate surface area is 99.9 Å². The first-order valence-corrected chi connectivity index (χ1v) is 4.88. The zero-order valence-electron chi connectivity index (χ0n) is 9.02. The molecule has 2 aromatic heterocycles. The second-order valence-corrected chi connectivity index (χ2v) is 3.53. The number of carboxylic acid groups (broad SMARTS) is 2. The minimum atomic E-state index is -1.29. The molecular formula is C9H9N5O4. The van der Waals surface area contributed by atoms with Crippen LogP contribution in [0, 0.1) is 0 Å². The first-order chi connectivity index (χ1) is 8.50. The second kappa shape index (κ2) is 4.28. The van der Waals surface area contributed by atoms with Crippen molar-refractivity contribution in [1.82, 2.24) is 19.5 Å².